The lowest BCUT2D eigenvalue weighted by atomic mass is 9.96. The van der Waals surface area contributed by atoms with Crippen molar-refractivity contribution in [2.75, 3.05) is 13.2 Å². The fraction of sp³-hybridized carbons (Fsp3) is 0.450. The predicted molar refractivity (Wildman–Crippen MR) is 101 cm³/mol. The molecule has 1 aliphatic carbocycles. The summed E-state index contributed by atoms with van der Waals surface area (Å²) in [6.07, 6.45) is 1.72. The van der Waals surface area contributed by atoms with Gasteiger partial charge in [-0.3, -0.25) is 24.1 Å². The van der Waals surface area contributed by atoms with Gasteiger partial charge in [0.25, 0.3) is 5.91 Å². The second kappa shape index (κ2) is 8.02. The van der Waals surface area contributed by atoms with Crippen LogP contribution in [0.2, 0.25) is 0 Å². The maximum atomic E-state index is 12.5. The summed E-state index contributed by atoms with van der Waals surface area (Å²) >= 11 is 0. The molecule has 154 valence electrons. The number of Topliss-reactive ketones (excluding diaryl/α,β-unsaturated/α-hetero) is 1. The highest BCUT2D eigenvalue weighted by molar-refractivity contribution is 6.09. The SMILES string of the molecule is CC(=O)NCc1ccc(C(=O)COC(=O)CN2C(=O)N[C@@](C)(C3CC3)C2=O)cc1. The Bertz CT molecular complexity index is 861. The van der Waals surface area contributed by atoms with E-state index in [0.717, 1.165) is 23.3 Å². The number of ether oxygens (including phenoxy) is 1. The molecule has 2 N–H and O–H groups in total. The maximum Gasteiger partial charge on any atom is 0.326 e. The van der Waals surface area contributed by atoms with Crippen molar-refractivity contribution in [1.29, 1.82) is 0 Å². The minimum Gasteiger partial charge on any atom is -0.456 e. The number of carbonyl (C=O) groups excluding carboxylic acids is 5. The van der Waals surface area contributed by atoms with Crippen molar-refractivity contribution in [2.24, 2.45) is 5.92 Å². The number of rotatable bonds is 8. The molecule has 0 spiro atoms. The Balaban J connectivity index is 1.49. The van der Waals surface area contributed by atoms with Gasteiger partial charge < -0.3 is 15.4 Å². The van der Waals surface area contributed by atoms with Gasteiger partial charge in [-0.25, -0.2) is 4.79 Å². The zero-order valence-electron chi connectivity index (χ0n) is 16.3. The first kappa shape index (κ1) is 20.5. The minimum absolute atomic E-state index is 0.0927. The molecule has 1 aromatic carbocycles. The molecule has 1 aliphatic heterocycles. The van der Waals surface area contributed by atoms with Crippen LogP contribution in [0.25, 0.3) is 0 Å². The lowest BCUT2D eigenvalue weighted by Crippen LogP contribution is -2.46. The van der Waals surface area contributed by atoms with Crippen molar-refractivity contribution >= 4 is 29.6 Å². The number of benzene rings is 1. The van der Waals surface area contributed by atoms with E-state index in [-0.39, 0.29) is 11.8 Å². The van der Waals surface area contributed by atoms with E-state index in [4.69, 9.17) is 4.74 Å². The monoisotopic (exact) mass is 401 g/mol. The Morgan fingerprint density at radius 3 is 2.45 bits per heavy atom. The van der Waals surface area contributed by atoms with Crippen LogP contribution < -0.4 is 10.6 Å². The number of urea groups is 1. The first-order chi connectivity index (χ1) is 13.7. The zero-order valence-corrected chi connectivity index (χ0v) is 16.3. The molecule has 9 heteroatoms. The van der Waals surface area contributed by atoms with Gasteiger partial charge in [0.2, 0.25) is 5.91 Å². The smallest absolute Gasteiger partial charge is 0.326 e. The average molecular weight is 401 g/mol. The van der Waals surface area contributed by atoms with Crippen LogP contribution in [-0.4, -0.2) is 53.2 Å². The van der Waals surface area contributed by atoms with E-state index in [1.165, 1.54) is 6.92 Å². The summed E-state index contributed by atoms with van der Waals surface area (Å²) in [4.78, 5) is 60.5. The second-order valence-corrected chi connectivity index (χ2v) is 7.49. The summed E-state index contributed by atoms with van der Waals surface area (Å²) in [6, 6.07) is 5.91. The predicted octanol–water partition coefficient (Wildman–Crippen LogP) is 0.769. The third-order valence-corrected chi connectivity index (χ3v) is 5.16. The standard InChI is InChI=1S/C20H23N3O6/c1-12(24)21-9-13-3-5-14(6-4-13)16(25)11-29-17(26)10-23-18(27)20(2,15-7-8-15)22-19(23)28/h3-6,15H,7-11H2,1-2H3,(H,21,24)(H,22,28)/t20-/m0/s1. The number of esters is 1. The quantitative estimate of drug-likeness (QED) is 0.377. The molecule has 4 amide bonds. The van der Waals surface area contributed by atoms with E-state index < -0.39 is 42.4 Å². The molecule has 29 heavy (non-hydrogen) atoms. The van der Waals surface area contributed by atoms with E-state index >= 15 is 0 Å². The molecule has 1 saturated heterocycles. The summed E-state index contributed by atoms with van der Waals surface area (Å²) in [7, 11) is 0. The molecule has 3 rings (SSSR count). The number of hydrogen-bond donors (Lipinski definition) is 2. The highest BCUT2D eigenvalue weighted by Crippen LogP contribution is 2.42. The first-order valence-corrected chi connectivity index (χ1v) is 9.37. The van der Waals surface area contributed by atoms with E-state index in [9.17, 15) is 24.0 Å². The largest absolute Gasteiger partial charge is 0.456 e. The lowest BCUT2D eigenvalue weighted by Gasteiger charge is -2.20. The van der Waals surface area contributed by atoms with Crippen molar-refractivity contribution in [3.05, 3.63) is 35.4 Å². The molecule has 0 aromatic heterocycles. The zero-order chi connectivity index (χ0) is 21.2. The molecular weight excluding hydrogens is 378 g/mol. The molecule has 1 aromatic rings. The first-order valence-electron chi connectivity index (χ1n) is 9.37. The van der Waals surface area contributed by atoms with Crippen molar-refractivity contribution in [1.82, 2.24) is 15.5 Å². The fourth-order valence-corrected chi connectivity index (χ4v) is 3.24. The van der Waals surface area contributed by atoms with Crippen molar-refractivity contribution in [3.63, 3.8) is 0 Å². The van der Waals surface area contributed by atoms with Gasteiger partial charge in [0.15, 0.2) is 12.4 Å². The van der Waals surface area contributed by atoms with Gasteiger partial charge in [-0.1, -0.05) is 24.3 Å². The van der Waals surface area contributed by atoms with E-state index in [1.54, 1.807) is 31.2 Å². The Morgan fingerprint density at radius 2 is 1.86 bits per heavy atom. The van der Waals surface area contributed by atoms with Gasteiger partial charge in [-0.05, 0) is 31.2 Å². The number of nitrogens with one attached hydrogen (secondary N) is 2. The molecular formula is C20H23N3O6. The molecule has 1 saturated carbocycles. The summed E-state index contributed by atoms with van der Waals surface area (Å²) in [5, 5.41) is 5.30. The molecule has 0 bridgehead atoms. The molecule has 2 aliphatic rings. The molecule has 9 nitrogen and oxygen atoms in total. The normalized spacial score (nSPS) is 21.0. The number of ketones is 1. The van der Waals surface area contributed by atoms with Crippen LogP contribution in [0.1, 0.15) is 42.6 Å². The number of imide groups is 1. The van der Waals surface area contributed by atoms with Crippen LogP contribution in [0.3, 0.4) is 0 Å². The summed E-state index contributed by atoms with van der Waals surface area (Å²) in [5.41, 5.74) is 0.207. The molecule has 0 unspecified atom stereocenters. The Morgan fingerprint density at radius 1 is 1.21 bits per heavy atom. The van der Waals surface area contributed by atoms with Gasteiger partial charge in [-0.15, -0.1) is 0 Å². The topological polar surface area (TPSA) is 122 Å². The Labute approximate surface area is 167 Å². The third kappa shape index (κ3) is 4.61. The van der Waals surface area contributed by atoms with E-state index in [1.807, 2.05) is 0 Å². The highest BCUT2D eigenvalue weighted by atomic mass is 16.5. The number of hydrogen-bond acceptors (Lipinski definition) is 6. The fourth-order valence-electron chi connectivity index (χ4n) is 3.24. The third-order valence-electron chi connectivity index (χ3n) is 5.16. The van der Waals surface area contributed by atoms with Crippen molar-refractivity contribution in [2.45, 2.75) is 38.8 Å². The van der Waals surface area contributed by atoms with E-state index in [2.05, 4.69) is 10.6 Å². The minimum atomic E-state index is -0.966. The average Bonchev–Trinajstić information content (AvgIpc) is 3.51. The summed E-state index contributed by atoms with van der Waals surface area (Å²) in [5.74, 6) is -1.74. The number of amides is 4. The number of carbonyl (C=O) groups is 5. The van der Waals surface area contributed by atoms with Gasteiger partial charge in [0, 0.05) is 19.0 Å². The van der Waals surface area contributed by atoms with Crippen LogP contribution >= 0.6 is 0 Å². The van der Waals surface area contributed by atoms with E-state index in [0.29, 0.717) is 12.1 Å². The lowest BCUT2D eigenvalue weighted by molar-refractivity contribution is -0.146. The van der Waals surface area contributed by atoms with Gasteiger partial charge in [-0.2, -0.15) is 0 Å². The van der Waals surface area contributed by atoms with Crippen LogP contribution in [0, 0.1) is 5.92 Å². The van der Waals surface area contributed by atoms with Crippen LogP contribution in [0.15, 0.2) is 24.3 Å². The van der Waals surface area contributed by atoms with Crippen LogP contribution in [0.4, 0.5) is 4.79 Å². The Hall–Kier alpha value is -3.23. The molecule has 1 atom stereocenters. The van der Waals surface area contributed by atoms with Gasteiger partial charge >= 0.3 is 12.0 Å². The van der Waals surface area contributed by atoms with Crippen molar-refractivity contribution < 1.29 is 28.7 Å². The van der Waals surface area contributed by atoms with Crippen LogP contribution in [-0.2, 0) is 25.7 Å². The summed E-state index contributed by atoms with van der Waals surface area (Å²) in [6.45, 7) is 2.40. The second-order valence-electron chi connectivity index (χ2n) is 7.49. The van der Waals surface area contributed by atoms with Gasteiger partial charge in [0.05, 0.1) is 0 Å². The molecule has 0 radical (unpaired) electrons. The molecule has 2 fully saturated rings. The number of nitrogens with zero attached hydrogens (tertiary/aromatic N) is 1. The summed E-state index contributed by atoms with van der Waals surface area (Å²) < 4.78 is 4.95. The maximum absolute atomic E-state index is 12.5. The van der Waals surface area contributed by atoms with Crippen LogP contribution in [0.5, 0.6) is 0 Å². The highest BCUT2D eigenvalue weighted by Gasteiger charge is 2.56. The van der Waals surface area contributed by atoms with Gasteiger partial charge in [0.1, 0.15) is 12.1 Å². The molecule has 1 heterocycles. The van der Waals surface area contributed by atoms with Crippen molar-refractivity contribution in [3.8, 4) is 0 Å². The Kier molecular flexibility index (Phi) is 5.67.